The fraction of sp³-hybridized carbons (Fsp3) is 0.0476. The molecule has 29 heavy (non-hydrogen) atoms. The number of carbonyl (C=O) groups is 1. The van der Waals surface area contributed by atoms with Crippen LogP contribution in [0.3, 0.4) is 0 Å². The van der Waals surface area contributed by atoms with Gasteiger partial charge < -0.3 is 9.47 Å². The number of amides is 1. The lowest BCUT2D eigenvalue weighted by Crippen LogP contribution is -2.44. The SMILES string of the molecule is O=C1OC(Oc2ccc([N+](=O)[O-])cc2)C(c2ccccc2)=NN1c1ccccc1. The summed E-state index contributed by atoms with van der Waals surface area (Å²) in [6.07, 6.45) is -1.80. The number of carbonyl (C=O) groups excluding carboxylic acids is 1. The first kappa shape index (κ1) is 18.2. The third kappa shape index (κ3) is 3.91. The molecule has 4 rings (SSSR count). The Kier molecular flexibility index (Phi) is 4.90. The van der Waals surface area contributed by atoms with Crippen molar-refractivity contribution in [1.82, 2.24) is 0 Å². The summed E-state index contributed by atoms with van der Waals surface area (Å²) in [7, 11) is 0. The maximum absolute atomic E-state index is 12.5. The number of hydrazone groups is 1. The summed E-state index contributed by atoms with van der Waals surface area (Å²) in [4.78, 5) is 22.9. The molecule has 0 radical (unpaired) electrons. The number of hydrogen-bond acceptors (Lipinski definition) is 6. The zero-order valence-electron chi connectivity index (χ0n) is 15.0. The maximum Gasteiger partial charge on any atom is 0.438 e. The molecule has 0 spiro atoms. The van der Waals surface area contributed by atoms with Gasteiger partial charge in [0.05, 0.1) is 10.6 Å². The minimum Gasteiger partial charge on any atom is -0.449 e. The van der Waals surface area contributed by atoms with Crippen LogP contribution in [0.1, 0.15) is 5.56 Å². The first-order valence-electron chi connectivity index (χ1n) is 8.72. The van der Waals surface area contributed by atoms with Crippen LogP contribution in [0.2, 0.25) is 0 Å². The molecule has 0 bridgehead atoms. The van der Waals surface area contributed by atoms with E-state index < -0.39 is 17.3 Å². The number of nitrogens with zero attached hydrogens (tertiary/aromatic N) is 3. The highest BCUT2D eigenvalue weighted by molar-refractivity contribution is 6.08. The molecule has 0 aromatic heterocycles. The Balaban J connectivity index is 1.69. The summed E-state index contributed by atoms with van der Waals surface area (Å²) in [5.74, 6) is 0.310. The fourth-order valence-electron chi connectivity index (χ4n) is 2.78. The lowest BCUT2D eigenvalue weighted by atomic mass is 10.1. The molecule has 1 atom stereocenters. The first-order chi connectivity index (χ1) is 14.1. The molecule has 3 aromatic rings. The van der Waals surface area contributed by atoms with E-state index in [9.17, 15) is 14.9 Å². The van der Waals surface area contributed by atoms with E-state index in [1.807, 2.05) is 36.4 Å². The number of benzene rings is 3. The predicted octanol–water partition coefficient (Wildman–Crippen LogP) is 4.36. The Labute approximate surface area is 165 Å². The van der Waals surface area contributed by atoms with Gasteiger partial charge in [-0.25, -0.2) is 4.79 Å². The number of nitro groups is 1. The van der Waals surface area contributed by atoms with Gasteiger partial charge in [0.25, 0.3) is 12.0 Å². The molecule has 1 aliphatic rings. The van der Waals surface area contributed by atoms with Crippen LogP contribution in [0.4, 0.5) is 16.2 Å². The summed E-state index contributed by atoms with van der Waals surface area (Å²) in [6, 6.07) is 23.6. The van der Waals surface area contributed by atoms with Crippen LogP contribution in [-0.4, -0.2) is 23.0 Å². The largest absolute Gasteiger partial charge is 0.449 e. The van der Waals surface area contributed by atoms with Gasteiger partial charge in [0.1, 0.15) is 11.5 Å². The van der Waals surface area contributed by atoms with Crippen molar-refractivity contribution in [3.05, 3.63) is 101 Å². The van der Waals surface area contributed by atoms with Crippen LogP contribution in [0.25, 0.3) is 0 Å². The third-order valence-electron chi connectivity index (χ3n) is 4.17. The highest BCUT2D eigenvalue weighted by atomic mass is 16.7. The second kappa shape index (κ2) is 7.81. The molecular formula is C21H15N3O5. The molecule has 3 aromatic carbocycles. The molecule has 1 unspecified atom stereocenters. The van der Waals surface area contributed by atoms with Crippen molar-refractivity contribution in [3.63, 3.8) is 0 Å². The minimum absolute atomic E-state index is 0.0646. The van der Waals surface area contributed by atoms with Crippen molar-refractivity contribution >= 4 is 23.2 Å². The van der Waals surface area contributed by atoms with Gasteiger partial charge >= 0.3 is 6.09 Å². The Morgan fingerprint density at radius 3 is 2.17 bits per heavy atom. The first-order valence-corrected chi connectivity index (χ1v) is 8.72. The van der Waals surface area contributed by atoms with Crippen molar-refractivity contribution < 1.29 is 19.2 Å². The smallest absolute Gasteiger partial charge is 0.438 e. The third-order valence-corrected chi connectivity index (χ3v) is 4.17. The van der Waals surface area contributed by atoms with E-state index in [4.69, 9.17) is 9.47 Å². The van der Waals surface area contributed by atoms with E-state index in [1.165, 1.54) is 24.3 Å². The molecule has 0 saturated carbocycles. The van der Waals surface area contributed by atoms with Crippen molar-refractivity contribution in [3.8, 4) is 5.75 Å². The average Bonchev–Trinajstić information content (AvgIpc) is 2.75. The van der Waals surface area contributed by atoms with Crippen LogP contribution in [0, 0.1) is 10.1 Å². The van der Waals surface area contributed by atoms with Gasteiger partial charge in [-0.1, -0.05) is 48.5 Å². The van der Waals surface area contributed by atoms with Crippen molar-refractivity contribution in [1.29, 1.82) is 0 Å². The van der Waals surface area contributed by atoms with E-state index in [0.717, 1.165) is 5.01 Å². The number of rotatable bonds is 5. The number of cyclic esters (lactones) is 1. The van der Waals surface area contributed by atoms with Gasteiger partial charge in [-0.3, -0.25) is 10.1 Å². The van der Waals surface area contributed by atoms with E-state index in [0.29, 0.717) is 22.7 Å². The van der Waals surface area contributed by atoms with Gasteiger partial charge in [-0.15, -0.1) is 0 Å². The van der Waals surface area contributed by atoms with E-state index in [-0.39, 0.29) is 5.69 Å². The molecular weight excluding hydrogens is 374 g/mol. The van der Waals surface area contributed by atoms with Crippen LogP contribution in [-0.2, 0) is 4.74 Å². The highest BCUT2D eigenvalue weighted by Gasteiger charge is 2.34. The Morgan fingerprint density at radius 1 is 0.931 bits per heavy atom. The summed E-state index contributed by atoms with van der Waals surface area (Å²) < 4.78 is 11.3. The summed E-state index contributed by atoms with van der Waals surface area (Å²) >= 11 is 0. The van der Waals surface area contributed by atoms with Gasteiger partial charge in [0.2, 0.25) is 0 Å². The topological polar surface area (TPSA) is 94.3 Å². The fourth-order valence-corrected chi connectivity index (χ4v) is 2.78. The standard InChI is InChI=1S/C21H15N3O5/c25-21-23(16-9-5-2-6-10-16)22-19(15-7-3-1-4-8-15)20(29-21)28-18-13-11-17(12-14-18)24(26)27/h1-14,20H. The molecule has 8 heteroatoms. The monoisotopic (exact) mass is 389 g/mol. The van der Waals surface area contributed by atoms with Crippen LogP contribution in [0.15, 0.2) is 90.0 Å². The van der Waals surface area contributed by atoms with Crippen LogP contribution < -0.4 is 9.75 Å². The van der Waals surface area contributed by atoms with Gasteiger partial charge in [-0.2, -0.15) is 10.1 Å². The summed E-state index contributed by atoms with van der Waals surface area (Å²) in [6.45, 7) is 0. The maximum atomic E-state index is 12.5. The summed E-state index contributed by atoms with van der Waals surface area (Å²) in [5, 5.41) is 16.5. The zero-order valence-corrected chi connectivity index (χ0v) is 15.0. The number of nitro benzene ring substituents is 1. The number of ether oxygens (including phenoxy) is 2. The molecule has 1 aliphatic heterocycles. The van der Waals surface area contributed by atoms with Gasteiger partial charge in [0, 0.05) is 17.7 Å². The van der Waals surface area contributed by atoms with Crippen LogP contribution in [0.5, 0.6) is 5.75 Å². The Bertz CT molecular complexity index is 1050. The second-order valence-corrected chi connectivity index (χ2v) is 6.08. The van der Waals surface area contributed by atoms with Crippen molar-refractivity contribution in [2.45, 2.75) is 6.29 Å². The molecule has 0 fully saturated rings. The number of non-ortho nitro benzene ring substituents is 1. The van der Waals surface area contributed by atoms with Crippen molar-refractivity contribution in [2.24, 2.45) is 5.10 Å². The number of anilines is 1. The lowest BCUT2D eigenvalue weighted by Gasteiger charge is -2.29. The molecule has 8 nitrogen and oxygen atoms in total. The normalized spacial score (nSPS) is 16.0. The van der Waals surface area contributed by atoms with Gasteiger partial charge in [0.15, 0.2) is 0 Å². The van der Waals surface area contributed by atoms with E-state index >= 15 is 0 Å². The second-order valence-electron chi connectivity index (χ2n) is 6.08. The summed E-state index contributed by atoms with van der Waals surface area (Å²) in [5.41, 5.74) is 1.60. The minimum atomic E-state index is -1.11. The number of hydrogen-bond donors (Lipinski definition) is 0. The molecule has 0 aliphatic carbocycles. The Hall–Kier alpha value is -4.20. The van der Waals surface area contributed by atoms with Gasteiger partial charge in [-0.05, 0) is 24.3 Å². The predicted molar refractivity (Wildman–Crippen MR) is 106 cm³/mol. The van der Waals surface area contributed by atoms with E-state index in [2.05, 4.69) is 5.10 Å². The molecule has 0 N–H and O–H groups in total. The number of para-hydroxylation sites is 1. The average molecular weight is 389 g/mol. The highest BCUT2D eigenvalue weighted by Crippen LogP contribution is 2.25. The lowest BCUT2D eigenvalue weighted by molar-refractivity contribution is -0.384. The quantitative estimate of drug-likeness (QED) is 0.477. The molecule has 0 saturated heterocycles. The Morgan fingerprint density at radius 2 is 1.55 bits per heavy atom. The molecule has 144 valence electrons. The molecule has 1 heterocycles. The van der Waals surface area contributed by atoms with E-state index in [1.54, 1.807) is 24.3 Å². The van der Waals surface area contributed by atoms with Crippen LogP contribution >= 0.6 is 0 Å². The molecule has 1 amide bonds. The van der Waals surface area contributed by atoms with Crippen molar-refractivity contribution in [2.75, 3.05) is 5.01 Å². The zero-order chi connectivity index (χ0) is 20.2.